The van der Waals surface area contributed by atoms with Crippen LogP contribution in [0.4, 0.5) is 5.69 Å². The molecule has 0 N–H and O–H groups in total. The number of halogens is 1. The molecule has 0 unspecified atom stereocenters. The number of aromatic nitrogens is 1. The molecular weight excluding hydrogens is 448 g/mol. The second-order valence-electron chi connectivity index (χ2n) is 8.66. The molecule has 1 aromatic carbocycles. The quantitative estimate of drug-likeness (QED) is 0.675. The molecule has 2 aliphatic heterocycles. The van der Waals surface area contributed by atoms with Gasteiger partial charge >= 0.3 is 0 Å². The fourth-order valence-corrected chi connectivity index (χ4v) is 6.82. The van der Waals surface area contributed by atoms with Gasteiger partial charge in [0, 0.05) is 68.4 Å². The lowest BCUT2D eigenvalue weighted by Crippen LogP contribution is -2.49. The Morgan fingerprint density at radius 3 is 2.22 bits per heavy atom. The van der Waals surface area contributed by atoms with Crippen molar-refractivity contribution >= 4 is 33.2 Å². The molecule has 2 aliphatic rings. The third-order valence-electron chi connectivity index (χ3n) is 6.79. The molecule has 0 atom stereocenters. The number of hydrogen-bond donors (Lipinski definition) is 0. The van der Waals surface area contributed by atoms with Gasteiger partial charge in [-0.25, -0.2) is 8.42 Å². The lowest BCUT2D eigenvalue weighted by Gasteiger charge is -2.35. The van der Waals surface area contributed by atoms with Crippen LogP contribution in [0.1, 0.15) is 41.0 Å². The third kappa shape index (κ3) is 4.16. The van der Waals surface area contributed by atoms with Crippen LogP contribution in [0, 0.1) is 13.8 Å². The van der Waals surface area contributed by atoms with Crippen LogP contribution in [-0.4, -0.2) is 67.4 Å². The Labute approximate surface area is 195 Å². The molecule has 174 valence electrons. The molecule has 4 rings (SSSR count). The van der Waals surface area contributed by atoms with E-state index >= 15 is 0 Å². The Hall–Kier alpha value is -2.03. The number of hydrogen-bond acceptors (Lipinski definition) is 4. The number of rotatable bonds is 4. The van der Waals surface area contributed by atoms with Gasteiger partial charge in [0.15, 0.2) is 0 Å². The minimum absolute atomic E-state index is 0.165. The summed E-state index contributed by atoms with van der Waals surface area (Å²) in [6.07, 6.45) is 3.03. The van der Waals surface area contributed by atoms with E-state index in [9.17, 15) is 13.2 Å². The van der Waals surface area contributed by atoms with Gasteiger partial charge in [-0.05, 0) is 51.3 Å². The molecule has 9 heteroatoms. The van der Waals surface area contributed by atoms with Crippen molar-refractivity contribution in [2.75, 3.05) is 44.2 Å². The Kier molecular flexibility index (Phi) is 6.56. The highest BCUT2D eigenvalue weighted by Gasteiger charge is 2.37. The minimum atomic E-state index is -3.81. The van der Waals surface area contributed by atoms with Crippen LogP contribution in [0.15, 0.2) is 29.2 Å². The third-order valence-corrected chi connectivity index (χ3v) is 9.09. The Morgan fingerprint density at radius 1 is 0.938 bits per heavy atom. The van der Waals surface area contributed by atoms with E-state index < -0.39 is 10.0 Å². The van der Waals surface area contributed by atoms with E-state index in [4.69, 9.17) is 11.6 Å². The molecule has 1 aromatic heterocycles. The van der Waals surface area contributed by atoms with Gasteiger partial charge in [0.05, 0.1) is 5.56 Å². The van der Waals surface area contributed by atoms with Crippen molar-refractivity contribution in [3.63, 3.8) is 0 Å². The summed E-state index contributed by atoms with van der Waals surface area (Å²) < 4.78 is 30.9. The standard InChI is InChI=1S/C23H31ClN4O3S/c1-17-21(23(29)27-10-5-4-6-11-27)22(18(2)25(17)3)32(30,31)28-14-12-26(13-15-28)20-9-7-8-19(24)16-20/h7-9,16H,4-6,10-15H2,1-3H3. The van der Waals surface area contributed by atoms with Gasteiger partial charge in [0.2, 0.25) is 10.0 Å². The number of piperazine rings is 1. The van der Waals surface area contributed by atoms with Crippen LogP contribution in [0.2, 0.25) is 5.02 Å². The van der Waals surface area contributed by atoms with E-state index in [0.29, 0.717) is 61.2 Å². The van der Waals surface area contributed by atoms with Crippen LogP contribution in [0.5, 0.6) is 0 Å². The van der Waals surface area contributed by atoms with E-state index in [2.05, 4.69) is 4.90 Å². The van der Waals surface area contributed by atoms with Crippen molar-refractivity contribution in [2.45, 2.75) is 38.0 Å². The molecule has 3 heterocycles. The molecular formula is C23H31ClN4O3S. The SMILES string of the molecule is Cc1c(C(=O)N2CCCCC2)c(S(=O)(=O)N2CCN(c3cccc(Cl)c3)CC2)c(C)n1C. The largest absolute Gasteiger partial charge is 0.369 e. The number of sulfonamides is 1. The van der Waals surface area contributed by atoms with Gasteiger partial charge < -0.3 is 14.4 Å². The molecule has 2 aromatic rings. The highest BCUT2D eigenvalue weighted by atomic mass is 35.5. The van der Waals surface area contributed by atoms with E-state index in [1.165, 1.54) is 4.31 Å². The van der Waals surface area contributed by atoms with Gasteiger partial charge in [-0.15, -0.1) is 0 Å². The molecule has 0 saturated carbocycles. The predicted octanol–water partition coefficient (Wildman–Crippen LogP) is 3.43. The summed E-state index contributed by atoms with van der Waals surface area (Å²) >= 11 is 6.12. The van der Waals surface area contributed by atoms with Crippen molar-refractivity contribution in [1.82, 2.24) is 13.8 Å². The van der Waals surface area contributed by atoms with Gasteiger partial charge in [0.1, 0.15) is 4.90 Å². The molecule has 32 heavy (non-hydrogen) atoms. The summed E-state index contributed by atoms with van der Waals surface area (Å²) in [4.78, 5) is 17.5. The number of piperidine rings is 1. The maximum atomic E-state index is 13.8. The van der Waals surface area contributed by atoms with Gasteiger partial charge in [-0.2, -0.15) is 4.31 Å². The zero-order valence-electron chi connectivity index (χ0n) is 19.0. The fraction of sp³-hybridized carbons (Fsp3) is 0.522. The zero-order valence-corrected chi connectivity index (χ0v) is 20.5. The first-order valence-corrected chi connectivity index (χ1v) is 13.0. The molecule has 0 radical (unpaired) electrons. The number of nitrogens with zero attached hydrogens (tertiary/aromatic N) is 4. The molecule has 2 saturated heterocycles. The summed E-state index contributed by atoms with van der Waals surface area (Å²) in [5.41, 5.74) is 2.64. The lowest BCUT2D eigenvalue weighted by atomic mass is 10.1. The average Bonchev–Trinajstić information content (AvgIpc) is 3.03. The van der Waals surface area contributed by atoms with Crippen LogP contribution in [0.25, 0.3) is 0 Å². The Balaban J connectivity index is 1.61. The normalized spacial score (nSPS) is 18.2. The summed E-state index contributed by atoms with van der Waals surface area (Å²) in [5.74, 6) is -0.165. The van der Waals surface area contributed by atoms with E-state index in [0.717, 1.165) is 24.9 Å². The predicted molar refractivity (Wildman–Crippen MR) is 127 cm³/mol. The number of amides is 1. The number of carbonyl (C=O) groups excluding carboxylic acids is 1. The second-order valence-corrected chi connectivity index (χ2v) is 11.0. The summed E-state index contributed by atoms with van der Waals surface area (Å²) in [6.45, 7) is 6.85. The van der Waals surface area contributed by atoms with E-state index in [1.54, 1.807) is 11.8 Å². The van der Waals surface area contributed by atoms with Gasteiger partial charge in [-0.1, -0.05) is 17.7 Å². The van der Waals surface area contributed by atoms with Crippen molar-refractivity contribution < 1.29 is 13.2 Å². The highest BCUT2D eigenvalue weighted by Crippen LogP contribution is 2.32. The van der Waals surface area contributed by atoms with Crippen LogP contribution < -0.4 is 4.90 Å². The Morgan fingerprint density at radius 2 is 1.59 bits per heavy atom. The topological polar surface area (TPSA) is 65.9 Å². The van der Waals surface area contributed by atoms with Crippen molar-refractivity contribution in [3.05, 3.63) is 46.2 Å². The zero-order chi connectivity index (χ0) is 23.0. The average molecular weight is 479 g/mol. The summed E-state index contributed by atoms with van der Waals surface area (Å²) in [7, 11) is -1.98. The molecule has 0 bridgehead atoms. The first kappa shape index (κ1) is 23.1. The highest BCUT2D eigenvalue weighted by molar-refractivity contribution is 7.89. The first-order chi connectivity index (χ1) is 15.2. The summed E-state index contributed by atoms with van der Waals surface area (Å²) in [6, 6.07) is 7.60. The van der Waals surface area contributed by atoms with Gasteiger partial charge in [0.25, 0.3) is 5.91 Å². The second kappa shape index (κ2) is 9.08. The number of benzene rings is 1. The Bertz CT molecular complexity index is 1110. The maximum absolute atomic E-state index is 13.8. The van der Waals surface area contributed by atoms with Crippen molar-refractivity contribution in [3.8, 4) is 0 Å². The van der Waals surface area contributed by atoms with Crippen molar-refractivity contribution in [2.24, 2.45) is 7.05 Å². The van der Waals surface area contributed by atoms with E-state index in [-0.39, 0.29) is 10.8 Å². The molecule has 2 fully saturated rings. The van der Waals surface area contributed by atoms with Crippen LogP contribution in [-0.2, 0) is 17.1 Å². The summed E-state index contributed by atoms with van der Waals surface area (Å²) in [5, 5.41) is 0.661. The monoisotopic (exact) mass is 478 g/mol. The molecule has 7 nitrogen and oxygen atoms in total. The maximum Gasteiger partial charge on any atom is 0.257 e. The molecule has 0 aliphatic carbocycles. The fourth-order valence-electron chi connectivity index (χ4n) is 4.73. The number of likely N-dealkylation sites (tertiary alicyclic amines) is 1. The lowest BCUT2D eigenvalue weighted by molar-refractivity contribution is 0.0719. The van der Waals surface area contributed by atoms with Gasteiger partial charge in [-0.3, -0.25) is 4.79 Å². The minimum Gasteiger partial charge on any atom is -0.369 e. The first-order valence-electron chi connectivity index (χ1n) is 11.2. The van der Waals surface area contributed by atoms with Crippen LogP contribution in [0.3, 0.4) is 0 Å². The molecule has 0 spiro atoms. The smallest absolute Gasteiger partial charge is 0.257 e. The van der Waals surface area contributed by atoms with E-state index in [1.807, 2.05) is 42.8 Å². The number of carbonyl (C=O) groups is 1. The molecule has 1 amide bonds. The van der Waals surface area contributed by atoms with Crippen molar-refractivity contribution in [1.29, 1.82) is 0 Å². The number of anilines is 1. The van der Waals surface area contributed by atoms with Crippen LogP contribution >= 0.6 is 11.6 Å².